The summed E-state index contributed by atoms with van der Waals surface area (Å²) in [6, 6.07) is 0. The van der Waals surface area contributed by atoms with Gasteiger partial charge in [0.15, 0.2) is 6.61 Å². The van der Waals surface area contributed by atoms with Gasteiger partial charge in [-0.25, -0.2) is 4.79 Å². The molecule has 0 radical (unpaired) electrons. The molecule has 1 saturated heterocycles. The molecule has 1 aliphatic heterocycles. The number of ketones is 1. The highest BCUT2D eigenvalue weighted by Crippen LogP contribution is 2.62. The van der Waals surface area contributed by atoms with Crippen LogP contribution >= 0.6 is 0 Å². The normalized spacial score (nSPS) is 42.5. The standard InChI is InChI=1S/C20H28O6/c1-11-4-5-15-19(2,7-6-16(24)20(15,3)10-21)12(11)8-13(22)17-14(23)9-26-18(17)25/h12,15-16,21-22,24H,1,4-10H2,2-3H3/t12-,15+,16-,19+,20+/m1/s1. The van der Waals surface area contributed by atoms with Gasteiger partial charge in [-0.3, -0.25) is 4.79 Å². The number of fused-ring (bicyclic) bond motifs is 1. The van der Waals surface area contributed by atoms with Gasteiger partial charge in [-0.15, -0.1) is 0 Å². The lowest BCUT2D eigenvalue weighted by molar-refractivity contribution is -0.152. The SMILES string of the molecule is C=C1CC[C@@H]2[C@](C)(CO)[C@H](O)CC[C@@]2(C)[C@@H]1CC(O)=C1C(=O)COC1=O. The first-order valence-corrected chi connectivity index (χ1v) is 9.24. The molecule has 0 aromatic carbocycles. The van der Waals surface area contributed by atoms with Crippen LogP contribution in [0.2, 0.25) is 0 Å². The van der Waals surface area contributed by atoms with Gasteiger partial charge in [0.1, 0.15) is 11.3 Å². The van der Waals surface area contributed by atoms with E-state index in [1.165, 1.54) is 0 Å². The quantitative estimate of drug-likeness (QED) is 0.233. The fourth-order valence-electron chi connectivity index (χ4n) is 5.54. The maximum absolute atomic E-state index is 11.9. The van der Waals surface area contributed by atoms with Gasteiger partial charge in [0.25, 0.3) is 0 Å². The zero-order chi connectivity index (χ0) is 19.3. The molecular weight excluding hydrogens is 336 g/mol. The van der Waals surface area contributed by atoms with Crippen molar-refractivity contribution in [3.05, 3.63) is 23.5 Å². The molecular formula is C20H28O6. The van der Waals surface area contributed by atoms with Gasteiger partial charge in [-0.05, 0) is 42.9 Å². The molecule has 26 heavy (non-hydrogen) atoms. The number of hydrogen-bond acceptors (Lipinski definition) is 6. The van der Waals surface area contributed by atoms with Crippen molar-refractivity contribution in [2.45, 2.75) is 52.1 Å². The maximum atomic E-state index is 11.9. The van der Waals surface area contributed by atoms with Crippen molar-refractivity contribution in [2.24, 2.45) is 22.7 Å². The van der Waals surface area contributed by atoms with Crippen LogP contribution < -0.4 is 0 Å². The van der Waals surface area contributed by atoms with E-state index in [9.17, 15) is 24.9 Å². The molecule has 0 spiro atoms. The second-order valence-corrected chi connectivity index (χ2v) is 8.55. The summed E-state index contributed by atoms with van der Waals surface area (Å²) >= 11 is 0. The van der Waals surface area contributed by atoms with E-state index < -0.39 is 23.3 Å². The highest BCUT2D eigenvalue weighted by Gasteiger charge is 2.57. The summed E-state index contributed by atoms with van der Waals surface area (Å²) in [7, 11) is 0. The van der Waals surface area contributed by atoms with Crippen molar-refractivity contribution in [1.29, 1.82) is 0 Å². The second-order valence-electron chi connectivity index (χ2n) is 8.55. The average molecular weight is 364 g/mol. The maximum Gasteiger partial charge on any atom is 0.345 e. The minimum absolute atomic E-state index is 0.0586. The zero-order valence-corrected chi connectivity index (χ0v) is 15.5. The van der Waals surface area contributed by atoms with Gasteiger partial charge < -0.3 is 20.1 Å². The molecule has 2 aliphatic carbocycles. The summed E-state index contributed by atoms with van der Waals surface area (Å²) in [4.78, 5) is 23.6. The first kappa shape index (κ1) is 19.1. The topological polar surface area (TPSA) is 104 Å². The van der Waals surface area contributed by atoms with E-state index in [0.717, 1.165) is 24.8 Å². The van der Waals surface area contributed by atoms with Crippen LogP contribution in [0.15, 0.2) is 23.5 Å². The predicted molar refractivity (Wildman–Crippen MR) is 94.1 cm³/mol. The minimum Gasteiger partial charge on any atom is -0.511 e. The van der Waals surface area contributed by atoms with Crippen molar-refractivity contribution in [1.82, 2.24) is 0 Å². The summed E-state index contributed by atoms with van der Waals surface area (Å²) in [6.45, 7) is 7.78. The molecule has 144 valence electrons. The van der Waals surface area contributed by atoms with E-state index in [2.05, 4.69) is 13.5 Å². The highest BCUT2D eigenvalue weighted by molar-refractivity contribution is 6.22. The minimum atomic E-state index is -0.769. The Balaban J connectivity index is 1.96. The first-order valence-electron chi connectivity index (χ1n) is 9.24. The van der Waals surface area contributed by atoms with Gasteiger partial charge in [0, 0.05) is 11.8 Å². The van der Waals surface area contributed by atoms with E-state index in [0.29, 0.717) is 6.42 Å². The van der Waals surface area contributed by atoms with Gasteiger partial charge in [0.2, 0.25) is 5.78 Å². The average Bonchev–Trinajstić information content (AvgIpc) is 2.93. The van der Waals surface area contributed by atoms with Crippen LogP contribution in [-0.2, 0) is 14.3 Å². The second kappa shape index (κ2) is 6.50. The molecule has 0 aromatic rings. The Bertz CT molecular complexity index is 662. The Morgan fingerprint density at radius 3 is 2.58 bits per heavy atom. The Kier molecular flexibility index (Phi) is 4.78. The molecule has 2 saturated carbocycles. The number of aliphatic hydroxyl groups is 3. The molecule has 0 unspecified atom stereocenters. The third kappa shape index (κ3) is 2.70. The smallest absolute Gasteiger partial charge is 0.345 e. The Hall–Kier alpha value is -1.66. The molecule has 6 nitrogen and oxygen atoms in total. The van der Waals surface area contributed by atoms with Crippen molar-refractivity contribution in [2.75, 3.05) is 13.2 Å². The summed E-state index contributed by atoms with van der Waals surface area (Å²) in [6.07, 6.45) is 2.42. The van der Waals surface area contributed by atoms with Gasteiger partial charge in [-0.2, -0.15) is 0 Å². The molecule has 0 bridgehead atoms. The molecule has 3 fully saturated rings. The lowest BCUT2D eigenvalue weighted by Gasteiger charge is -2.59. The molecule has 0 amide bonds. The first-order chi connectivity index (χ1) is 12.1. The van der Waals surface area contributed by atoms with E-state index >= 15 is 0 Å². The van der Waals surface area contributed by atoms with E-state index in [-0.39, 0.29) is 48.2 Å². The van der Waals surface area contributed by atoms with Crippen molar-refractivity contribution in [3.63, 3.8) is 0 Å². The number of cyclic esters (lactones) is 1. The van der Waals surface area contributed by atoms with Crippen LogP contribution in [0.4, 0.5) is 0 Å². The summed E-state index contributed by atoms with van der Waals surface area (Å²) in [5.74, 6) is -1.57. The summed E-state index contributed by atoms with van der Waals surface area (Å²) in [5.41, 5.74) is -0.168. The van der Waals surface area contributed by atoms with Gasteiger partial charge in [0.05, 0.1) is 12.7 Å². The number of esters is 1. The highest BCUT2D eigenvalue weighted by atomic mass is 16.5. The number of Topliss-reactive ketones (excluding diaryl/α,β-unsaturated/α-hetero) is 1. The molecule has 0 aromatic heterocycles. The lowest BCUT2D eigenvalue weighted by atomic mass is 9.46. The van der Waals surface area contributed by atoms with Gasteiger partial charge in [-0.1, -0.05) is 26.0 Å². The Morgan fingerprint density at radius 2 is 2.00 bits per heavy atom. The Labute approximate surface area is 153 Å². The third-order valence-electron chi connectivity index (χ3n) is 7.20. The molecule has 3 N–H and O–H groups in total. The third-order valence-corrected chi connectivity index (χ3v) is 7.20. The zero-order valence-electron chi connectivity index (χ0n) is 15.5. The molecule has 1 heterocycles. The number of ether oxygens (including phenoxy) is 1. The van der Waals surface area contributed by atoms with E-state index in [4.69, 9.17) is 4.74 Å². The number of rotatable bonds is 3. The number of carbonyl (C=O) groups is 2. The predicted octanol–water partition coefficient (Wildman–Crippen LogP) is 2.06. The lowest BCUT2D eigenvalue weighted by Crippen LogP contribution is -2.57. The van der Waals surface area contributed by atoms with Crippen LogP contribution in [0.1, 0.15) is 46.0 Å². The van der Waals surface area contributed by atoms with Crippen molar-refractivity contribution < 1.29 is 29.6 Å². The van der Waals surface area contributed by atoms with Crippen LogP contribution in [0.25, 0.3) is 0 Å². The fourth-order valence-corrected chi connectivity index (χ4v) is 5.54. The molecule has 6 heteroatoms. The van der Waals surface area contributed by atoms with Crippen LogP contribution in [0.5, 0.6) is 0 Å². The Morgan fingerprint density at radius 1 is 1.31 bits per heavy atom. The van der Waals surface area contributed by atoms with Gasteiger partial charge >= 0.3 is 5.97 Å². The number of aliphatic hydroxyl groups excluding tert-OH is 3. The van der Waals surface area contributed by atoms with Crippen LogP contribution in [0.3, 0.4) is 0 Å². The fraction of sp³-hybridized carbons (Fsp3) is 0.700. The molecule has 3 aliphatic rings. The number of carbonyl (C=O) groups excluding carboxylic acids is 2. The van der Waals surface area contributed by atoms with Crippen molar-refractivity contribution >= 4 is 11.8 Å². The van der Waals surface area contributed by atoms with Crippen LogP contribution in [-0.4, -0.2) is 46.4 Å². The van der Waals surface area contributed by atoms with E-state index in [1.54, 1.807) is 0 Å². The number of hydrogen-bond donors (Lipinski definition) is 3. The monoisotopic (exact) mass is 364 g/mol. The summed E-state index contributed by atoms with van der Waals surface area (Å²) < 4.78 is 4.72. The number of allylic oxidation sites excluding steroid dienone is 2. The van der Waals surface area contributed by atoms with Crippen LogP contribution in [0, 0.1) is 22.7 Å². The molecule has 5 atom stereocenters. The molecule has 3 rings (SSSR count). The summed E-state index contributed by atoms with van der Waals surface area (Å²) in [5, 5.41) is 31.0. The van der Waals surface area contributed by atoms with E-state index in [1.807, 2.05) is 6.92 Å². The largest absolute Gasteiger partial charge is 0.511 e. The van der Waals surface area contributed by atoms with Crippen molar-refractivity contribution in [3.8, 4) is 0 Å².